The number of rotatable bonds is 4. The molecular formula is C21H16FN3O3. The number of amides is 1. The molecule has 2 aromatic heterocycles. The van der Waals surface area contributed by atoms with Gasteiger partial charge in [-0.1, -0.05) is 23.4 Å². The molecule has 0 saturated carbocycles. The van der Waals surface area contributed by atoms with Crippen molar-refractivity contribution in [1.82, 2.24) is 10.1 Å². The zero-order chi connectivity index (χ0) is 19.7. The number of fused-ring (bicyclic) bond motifs is 1. The third kappa shape index (κ3) is 3.18. The van der Waals surface area contributed by atoms with E-state index in [0.717, 1.165) is 0 Å². The van der Waals surface area contributed by atoms with E-state index >= 15 is 0 Å². The molecule has 2 aromatic carbocycles. The Morgan fingerprint density at radius 3 is 2.75 bits per heavy atom. The zero-order valence-electron chi connectivity index (χ0n) is 15.2. The van der Waals surface area contributed by atoms with Crippen LogP contribution in [0.1, 0.15) is 16.1 Å². The van der Waals surface area contributed by atoms with Gasteiger partial charge in [0.2, 0.25) is 0 Å². The SMILES string of the molecule is COc1cccc(NC(=O)c2cc(-c3ccccc3F)nc3onc(C)c23)c1. The molecule has 0 aliphatic heterocycles. The topological polar surface area (TPSA) is 77.2 Å². The van der Waals surface area contributed by atoms with Gasteiger partial charge in [-0.3, -0.25) is 4.79 Å². The van der Waals surface area contributed by atoms with Crippen LogP contribution in [-0.4, -0.2) is 23.2 Å². The maximum Gasteiger partial charge on any atom is 0.259 e. The van der Waals surface area contributed by atoms with Gasteiger partial charge in [-0.05, 0) is 37.3 Å². The third-order valence-corrected chi connectivity index (χ3v) is 4.34. The van der Waals surface area contributed by atoms with Crippen LogP contribution in [0.2, 0.25) is 0 Å². The number of hydrogen-bond acceptors (Lipinski definition) is 5. The molecule has 0 aliphatic carbocycles. The van der Waals surface area contributed by atoms with E-state index in [1.54, 1.807) is 62.6 Å². The second kappa shape index (κ2) is 7.11. The van der Waals surface area contributed by atoms with Crippen LogP contribution in [0.5, 0.6) is 5.75 Å². The van der Waals surface area contributed by atoms with Crippen LogP contribution in [0, 0.1) is 12.7 Å². The minimum atomic E-state index is -0.440. The molecule has 0 unspecified atom stereocenters. The van der Waals surface area contributed by atoms with Crippen LogP contribution >= 0.6 is 0 Å². The quantitative estimate of drug-likeness (QED) is 0.562. The van der Waals surface area contributed by atoms with Crippen LogP contribution in [0.4, 0.5) is 10.1 Å². The average Bonchev–Trinajstić information content (AvgIpc) is 3.08. The number of aromatic nitrogens is 2. The van der Waals surface area contributed by atoms with Gasteiger partial charge in [-0.15, -0.1) is 0 Å². The van der Waals surface area contributed by atoms with E-state index in [1.807, 2.05) is 0 Å². The number of halogens is 1. The number of aryl methyl sites for hydroxylation is 1. The molecule has 0 saturated heterocycles. The lowest BCUT2D eigenvalue weighted by Gasteiger charge is -2.09. The second-order valence-electron chi connectivity index (χ2n) is 6.17. The zero-order valence-corrected chi connectivity index (χ0v) is 15.2. The van der Waals surface area contributed by atoms with Crippen molar-refractivity contribution in [2.24, 2.45) is 0 Å². The Morgan fingerprint density at radius 1 is 1.14 bits per heavy atom. The minimum Gasteiger partial charge on any atom is -0.497 e. The largest absolute Gasteiger partial charge is 0.497 e. The van der Waals surface area contributed by atoms with E-state index in [0.29, 0.717) is 28.1 Å². The van der Waals surface area contributed by atoms with Crippen molar-refractivity contribution < 1.29 is 18.4 Å². The molecule has 140 valence electrons. The lowest BCUT2D eigenvalue weighted by atomic mass is 10.0. The van der Waals surface area contributed by atoms with Gasteiger partial charge in [-0.2, -0.15) is 0 Å². The number of carbonyl (C=O) groups excluding carboxylic acids is 1. The van der Waals surface area contributed by atoms with E-state index in [1.165, 1.54) is 6.07 Å². The summed E-state index contributed by atoms with van der Waals surface area (Å²) < 4.78 is 24.7. The molecule has 0 atom stereocenters. The van der Waals surface area contributed by atoms with Crippen molar-refractivity contribution in [2.75, 3.05) is 12.4 Å². The monoisotopic (exact) mass is 377 g/mol. The van der Waals surface area contributed by atoms with Crippen LogP contribution in [-0.2, 0) is 0 Å². The van der Waals surface area contributed by atoms with Gasteiger partial charge < -0.3 is 14.6 Å². The highest BCUT2D eigenvalue weighted by Gasteiger charge is 2.20. The fraction of sp³-hybridized carbons (Fsp3) is 0.0952. The molecule has 1 amide bonds. The van der Waals surface area contributed by atoms with Crippen molar-refractivity contribution in [3.05, 3.63) is 71.7 Å². The summed E-state index contributed by atoms with van der Waals surface area (Å²) in [4.78, 5) is 17.3. The average molecular weight is 377 g/mol. The Labute approximate surface area is 159 Å². The summed E-state index contributed by atoms with van der Waals surface area (Å²) in [5.41, 5.74) is 2.12. The number of ether oxygens (including phenoxy) is 1. The number of methoxy groups -OCH3 is 1. The minimum absolute atomic E-state index is 0.175. The predicted octanol–water partition coefficient (Wildman–Crippen LogP) is 4.60. The number of anilines is 1. The standard InChI is InChI=1S/C21H16FN3O3/c1-12-19-16(20(26)23-13-6-5-7-14(10-13)27-2)11-18(24-21(19)28-25-12)15-8-3-4-9-17(15)22/h3-11H,1-2H3,(H,23,26). The van der Waals surface area contributed by atoms with Crippen LogP contribution < -0.4 is 10.1 Å². The molecule has 7 heteroatoms. The molecule has 6 nitrogen and oxygen atoms in total. The number of hydrogen-bond donors (Lipinski definition) is 1. The lowest BCUT2D eigenvalue weighted by molar-refractivity contribution is 0.102. The summed E-state index contributed by atoms with van der Waals surface area (Å²) in [7, 11) is 1.55. The summed E-state index contributed by atoms with van der Waals surface area (Å²) >= 11 is 0. The predicted molar refractivity (Wildman–Crippen MR) is 103 cm³/mol. The highest BCUT2D eigenvalue weighted by atomic mass is 19.1. The fourth-order valence-corrected chi connectivity index (χ4v) is 2.98. The number of pyridine rings is 1. The van der Waals surface area contributed by atoms with Crippen LogP contribution in [0.15, 0.2) is 59.1 Å². The first-order valence-corrected chi connectivity index (χ1v) is 8.54. The molecule has 4 rings (SSSR count). The molecule has 1 N–H and O–H groups in total. The van der Waals surface area contributed by atoms with Gasteiger partial charge in [0.1, 0.15) is 11.6 Å². The normalized spacial score (nSPS) is 10.8. The smallest absolute Gasteiger partial charge is 0.259 e. The Balaban J connectivity index is 1.81. The van der Waals surface area contributed by atoms with Crippen molar-refractivity contribution in [1.29, 1.82) is 0 Å². The van der Waals surface area contributed by atoms with Crippen molar-refractivity contribution in [3.63, 3.8) is 0 Å². The molecule has 4 aromatic rings. The summed E-state index contributed by atoms with van der Waals surface area (Å²) in [6.45, 7) is 1.72. The second-order valence-corrected chi connectivity index (χ2v) is 6.17. The van der Waals surface area contributed by atoms with Crippen LogP contribution in [0.25, 0.3) is 22.4 Å². The van der Waals surface area contributed by atoms with Gasteiger partial charge in [0.05, 0.1) is 29.4 Å². The molecule has 2 heterocycles. The van der Waals surface area contributed by atoms with E-state index < -0.39 is 5.82 Å². The number of carbonyl (C=O) groups is 1. The van der Waals surface area contributed by atoms with Gasteiger partial charge in [0.25, 0.3) is 11.6 Å². The Hall–Kier alpha value is -3.74. The maximum absolute atomic E-state index is 14.2. The van der Waals surface area contributed by atoms with E-state index in [2.05, 4.69) is 15.5 Å². The van der Waals surface area contributed by atoms with E-state index in [9.17, 15) is 9.18 Å². The molecular weight excluding hydrogens is 361 g/mol. The van der Waals surface area contributed by atoms with Crippen molar-refractivity contribution in [3.8, 4) is 17.0 Å². The van der Waals surface area contributed by atoms with Gasteiger partial charge >= 0.3 is 0 Å². The maximum atomic E-state index is 14.2. The first kappa shape index (κ1) is 17.7. The summed E-state index contributed by atoms with van der Waals surface area (Å²) in [5.74, 6) is -0.208. The highest BCUT2D eigenvalue weighted by Crippen LogP contribution is 2.29. The van der Waals surface area contributed by atoms with Crippen molar-refractivity contribution >= 4 is 22.7 Å². The summed E-state index contributed by atoms with van der Waals surface area (Å²) in [6, 6.07) is 14.8. The molecule has 0 bridgehead atoms. The Kier molecular flexibility index (Phi) is 4.49. The van der Waals surface area contributed by atoms with Gasteiger partial charge in [0, 0.05) is 17.3 Å². The van der Waals surface area contributed by atoms with E-state index in [-0.39, 0.29) is 22.9 Å². The van der Waals surface area contributed by atoms with Crippen molar-refractivity contribution in [2.45, 2.75) is 6.92 Å². The molecule has 0 fully saturated rings. The molecule has 0 aliphatic rings. The summed E-state index contributed by atoms with van der Waals surface area (Å²) in [5, 5.41) is 7.21. The van der Waals surface area contributed by atoms with Crippen LogP contribution in [0.3, 0.4) is 0 Å². The first-order valence-electron chi connectivity index (χ1n) is 8.54. The Bertz CT molecular complexity index is 1190. The molecule has 0 radical (unpaired) electrons. The number of nitrogens with one attached hydrogen (secondary N) is 1. The van der Waals surface area contributed by atoms with Gasteiger partial charge in [0.15, 0.2) is 0 Å². The lowest BCUT2D eigenvalue weighted by Crippen LogP contribution is -2.13. The van der Waals surface area contributed by atoms with E-state index in [4.69, 9.17) is 9.26 Å². The fourth-order valence-electron chi connectivity index (χ4n) is 2.98. The first-order chi connectivity index (χ1) is 13.6. The Morgan fingerprint density at radius 2 is 1.96 bits per heavy atom. The third-order valence-electron chi connectivity index (χ3n) is 4.34. The highest BCUT2D eigenvalue weighted by molar-refractivity contribution is 6.13. The number of benzene rings is 2. The molecule has 0 spiro atoms. The van der Waals surface area contributed by atoms with Gasteiger partial charge in [-0.25, -0.2) is 9.37 Å². The number of nitrogens with zero attached hydrogens (tertiary/aromatic N) is 2. The molecule has 28 heavy (non-hydrogen) atoms. The summed E-state index contributed by atoms with van der Waals surface area (Å²) in [6.07, 6.45) is 0.